The summed E-state index contributed by atoms with van der Waals surface area (Å²) in [5.41, 5.74) is 6.57. The normalized spacial score (nSPS) is 23.6. The number of carbonyl (C=O) groups is 1. The second-order valence-electron chi connectivity index (χ2n) is 4.64. The van der Waals surface area contributed by atoms with E-state index in [1.807, 2.05) is 19.2 Å². The minimum Gasteiger partial charge on any atom is -0.330 e. The number of pyridine rings is 1. The molecule has 1 aromatic rings. The lowest BCUT2D eigenvalue weighted by atomic mass is 9.95. The zero-order valence-electron chi connectivity index (χ0n) is 10.2. The van der Waals surface area contributed by atoms with Crippen molar-refractivity contribution < 1.29 is 4.79 Å². The van der Waals surface area contributed by atoms with E-state index in [0.29, 0.717) is 12.5 Å². The number of carbonyl (C=O) groups excluding carboxylic acids is 1. The molecule has 0 spiro atoms. The predicted octanol–water partition coefficient (Wildman–Crippen LogP) is 1.42. The van der Waals surface area contributed by atoms with Crippen molar-refractivity contribution in [2.45, 2.75) is 19.3 Å². The predicted molar refractivity (Wildman–Crippen MR) is 67.5 cm³/mol. The lowest BCUT2D eigenvalue weighted by Crippen LogP contribution is -2.36. The Bertz CT molecular complexity index is 380. The van der Waals surface area contributed by atoms with E-state index in [-0.39, 0.29) is 11.8 Å². The highest BCUT2D eigenvalue weighted by Crippen LogP contribution is 2.32. The molecule has 1 aliphatic rings. The van der Waals surface area contributed by atoms with Crippen molar-refractivity contribution in [2.24, 2.45) is 17.6 Å². The molecule has 0 saturated heterocycles. The van der Waals surface area contributed by atoms with Crippen molar-refractivity contribution in [3.63, 3.8) is 0 Å². The maximum atomic E-state index is 12.4. The molecule has 1 aliphatic carbocycles. The third-order valence-corrected chi connectivity index (χ3v) is 3.64. The molecule has 2 N–H and O–H groups in total. The summed E-state index contributed by atoms with van der Waals surface area (Å²) in [6.07, 6.45) is 6.57. The number of nitrogens with two attached hydrogens (primary N) is 1. The molecular weight excluding hydrogens is 214 g/mol. The number of hydrogen-bond acceptors (Lipinski definition) is 3. The lowest BCUT2D eigenvalue weighted by molar-refractivity contribution is -0.123. The van der Waals surface area contributed by atoms with Gasteiger partial charge in [-0.1, -0.05) is 6.42 Å². The van der Waals surface area contributed by atoms with Crippen molar-refractivity contribution in [3.8, 4) is 0 Å². The SMILES string of the molecule is CN(C(=O)C1CCCC1CN)c1cccnc1. The van der Waals surface area contributed by atoms with E-state index in [1.54, 1.807) is 17.3 Å². The van der Waals surface area contributed by atoms with Crippen molar-refractivity contribution in [1.29, 1.82) is 0 Å². The average Bonchev–Trinajstić information content (AvgIpc) is 2.86. The Morgan fingerprint density at radius 1 is 1.59 bits per heavy atom. The highest BCUT2D eigenvalue weighted by atomic mass is 16.2. The van der Waals surface area contributed by atoms with Gasteiger partial charge in [-0.2, -0.15) is 0 Å². The van der Waals surface area contributed by atoms with Crippen LogP contribution in [0.2, 0.25) is 0 Å². The van der Waals surface area contributed by atoms with Crippen LogP contribution in [0.4, 0.5) is 5.69 Å². The summed E-state index contributed by atoms with van der Waals surface area (Å²) in [6, 6.07) is 3.74. The van der Waals surface area contributed by atoms with Gasteiger partial charge in [-0.15, -0.1) is 0 Å². The summed E-state index contributed by atoms with van der Waals surface area (Å²) in [5, 5.41) is 0. The van der Waals surface area contributed by atoms with E-state index in [4.69, 9.17) is 5.73 Å². The van der Waals surface area contributed by atoms with Crippen molar-refractivity contribution in [1.82, 2.24) is 4.98 Å². The van der Waals surface area contributed by atoms with Gasteiger partial charge in [0.05, 0.1) is 11.9 Å². The molecule has 1 saturated carbocycles. The van der Waals surface area contributed by atoms with Crippen LogP contribution in [0.3, 0.4) is 0 Å². The Hall–Kier alpha value is -1.42. The monoisotopic (exact) mass is 233 g/mol. The van der Waals surface area contributed by atoms with Gasteiger partial charge >= 0.3 is 0 Å². The number of aromatic nitrogens is 1. The molecule has 4 nitrogen and oxygen atoms in total. The number of nitrogens with zero attached hydrogens (tertiary/aromatic N) is 2. The second-order valence-corrected chi connectivity index (χ2v) is 4.64. The van der Waals surface area contributed by atoms with Gasteiger partial charge in [0.1, 0.15) is 0 Å². The van der Waals surface area contributed by atoms with Crippen molar-refractivity contribution in [2.75, 3.05) is 18.5 Å². The Morgan fingerprint density at radius 3 is 3.06 bits per heavy atom. The summed E-state index contributed by atoms with van der Waals surface area (Å²) in [7, 11) is 1.81. The van der Waals surface area contributed by atoms with Crippen LogP contribution in [0.25, 0.3) is 0 Å². The van der Waals surface area contributed by atoms with Crippen LogP contribution in [0.1, 0.15) is 19.3 Å². The zero-order valence-corrected chi connectivity index (χ0v) is 10.2. The summed E-state index contributed by atoms with van der Waals surface area (Å²) in [6.45, 7) is 0.608. The fourth-order valence-corrected chi connectivity index (χ4v) is 2.57. The molecule has 0 bridgehead atoms. The van der Waals surface area contributed by atoms with Crippen LogP contribution >= 0.6 is 0 Å². The third kappa shape index (κ3) is 2.47. The van der Waals surface area contributed by atoms with Gasteiger partial charge in [0, 0.05) is 19.2 Å². The summed E-state index contributed by atoms with van der Waals surface area (Å²) >= 11 is 0. The summed E-state index contributed by atoms with van der Waals surface area (Å²) in [5.74, 6) is 0.609. The largest absolute Gasteiger partial charge is 0.330 e. The molecule has 0 aromatic carbocycles. The summed E-state index contributed by atoms with van der Waals surface area (Å²) in [4.78, 5) is 18.1. The lowest BCUT2D eigenvalue weighted by Gasteiger charge is -2.24. The van der Waals surface area contributed by atoms with Crippen LogP contribution in [-0.4, -0.2) is 24.5 Å². The fraction of sp³-hybridized carbons (Fsp3) is 0.538. The van der Waals surface area contributed by atoms with E-state index in [0.717, 1.165) is 24.9 Å². The van der Waals surface area contributed by atoms with Crippen LogP contribution in [-0.2, 0) is 4.79 Å². The zero-order chi connectivity index (χ0) is 12.3. The highest BCUT2D eigenvalue weighted by Gasteiger charge is 2.33. The minimum absolute atomic E-state index is 0.0882. The molecular formula is C13H19N3O. The molecule has 2 unspecified atom stereocenters. The van der Waals surface area contributed by atoms with E-state index in [1.165, 1.54) is 0 Å². The Morgan fingerprint density at radius 2 is 2.41 bits per heavy atom. The number of rotatable bonds is 3. The number of hydrogen-bond donors (Lipinski definition) is 1. The first-order valence-electron chi connectivity index (χ1n) is 6.11. The van der Waals surface area contributed by atoms with Gasteiger partial charge < -0.3 is 10.6 Å². The van der Waals surface area contributed by atoms with Gasteiger partial charge in [-0.3, -0.25) is 9.78 Å². The van der Waals surface area contributed by atoms with E-state index < -0.39 is 0 Å². The molecule has 0 radical (unpaired) electrons. The average molecular weight is 233 g/mol. The van der Waals surface area contributed by atoms with Gasteiger partial charge in [0.25, 0.3) is 0 Å². The molecule has 1 fully saturated rings. The first-order chi connectivity index (χ1) is 8.24. The first kappa shape index (κ1) is 12.0. The van der Waals surface area contributed by atoms with E-state index >= 15 is 0 Å². The molecule has 1 heterocycles. The quantitative estimate of drug-likeness (QED) is 0.859. The summed E-state index contributed by atoms with van der Waals surface area (Å²) < 4.78 is 0. The minimum atomic E-state index is 0.0882. The second kappa shape index (κ2) is 5.27. The first-order valence-corrected chi connectivity index (χ1v) is 6.11. The molecule has 2 rings (SSSR count). The van der Waals surface area contributed by atoms with E-state index in [2.05, 4.69) is 4.98 Å². The van der Waals surface area contributed by atoms with Crippen LogP contribution in [0.15, 0.2) is 24.5 Å². The van der Waals surface area contributed by atoms with E-state index in [9.17, 15) is 4.79 Å². The molecule has 1 amide bonds. The fourth-order valence-electron chi connectivity index (χ4n) is 2.57. The van der Waals surface area contributed by atoms with Crippen molar-refractivity contribution >= 4 is 11.6 Å². The Kier molecular flexibility index (Phi) is 3.74. The van der Waals surface area contributed by atoms with Gasteiger partial charge in [0.2, 0.25) is 5.91 Å². The maximum Gasteiger partial charge on any atom is 0.230 e. The van der Waals surface area contributed by atoms with Gasteiger partial charge in [0.15, 0.2) is 0 Å². The molecule has 1 aromatic heterocycles. The molecule has 92 valence electrons. The molecule has 17 heavy (non-hydrogen) atoms. The van der Waals surface area contributed by atoms with Crippen LogP contribution in [0.5, 0.6) is 0 Å². The third-order valence-electron chi connectivity index (χ3n) is 3.64. The molecule has 0 aliphatic heterocycles. The van der Waals surface area contributed by atoms with Gasteiger partial charge in [-0.05, 0) is 37.4 Å². The molecule has 2 atom stereocenters. The van der Waals surface area contributed by atoms with Gasteiger partial charge in [-0.25, -0.2) is 0 Å². The number of anilines is 1. The smallest absolute Gasteiger partial charge is 0.230 e. The standard InChI is InChI=1S/C13H19N3O/c1-16(11-5-3-7-15-9-11)13(17)12-6-2-4-10(12)8-14/h3,5,7,9-10,12H,2,4,6,8,14H2,1H3. The molecule has 4 heteroatoms. The highest BCUT2D eigenvalue weighted by molar-refractivity contribution is 5.94. The van der Waals surface area contributed by atoms with Crippen LogP contribution < -0.4 is 10.6 Å². The maximum absolute atomic E-state index is 12.4. The number of amides is 1. The van der Waals surface area contributed by atoms with Crippen LogP contribution in [0, 0.1) is 11.8 Å². The topological polar surface area (TPSA) is 59.2 Å². The Labute approximate surface area is 102 Å². The Balaban J connectivity index is 2.10. The van der Waals surface area contributed by atoms with Crippen molar-refractivity contribution in [3.05, 3.63) is 24.5 Å².